The van der Waals surface area contributed by atoms with Crippen molar-refractivity contribution in [3.8, 4) is 0 Å². The average molecular weight is 187 g/mol. The van der Waals surface area contributed by atoms with Crippen LogP contribution in [-0.4, -0.2) is 15.0 Å². The molecule has 14 heavy (non-hydrogen) atoms. The predicted molar refractivity (Wildman–Crippen MR) is 55.1 cm³/mol. The maximum Gasteiger partial charge on any atom is 0.177 e. The molecule has 1 fully saturated rings. The average Bonchev–Trinajstić information content (AvgIpc) is 2.75. The van der Waals surface area contributed by atoms with E-state index in [0.717, 1.165) is 28.6 Å². The monoisotopic (exact) mass is 187 g/mol. The van der Waals surface area contributed by atoms with E-state index in [1.165, 1.54) is 6.42 Å². The molecule has 0 radical (unpaired) electrons. The minimum absolute atomic E-state index is 0.643. The largest absolute Gasteiger partial charge is 0.340 e. The van der Waals surface area contributed by atoms with Gasteiger partial charge in [-0.2, -0.15) is 0 Å². The highest BCUT2D eigenvalue weighted by Gasteiger charge is 2.36. The van der Waals surface area contributed by atoms with Crippen molar-refractivity contribution in [3.05, 3.63) is 23.7 Å². The van der Waals surface area contributed by atoms with Crippen molar-refractivity contribution in [1.82, 2.24) is 15.0 Å². The Hall–Kier alpha value is -1.38. The van der Waals surface area contributed by atoms with E-state index in [4.69, 9.17) is 0 Å². The van der Waals surface area contributed by atoms with Crippen LogP contribution in [-0.2, 0) is 0 Å². The molecule has 1 saturated carbocycles. The highest BCUT2D eigenvalue weighted by molar-refractivity contribution is 5.70. The third-order valence-corrected chi connectivity index (χ3v) is 2.96. The van der Waals surface area contributed by atoms with E-state index in [1.54, 1.807) is 0 Å². The predicted octanol–water partition coefficient (Wildman–Crippen LogP) is 2.39. The number of nitrogens with one attached hydrogen (secondary N) is 1. The van der Waals surface area contributed by atoms with E-state index in [-0.39, 0.29) is 0 Å². The summed E-state index contributed by atoms with van der Waals surface area (Å²) in [5.74, 6) is 2.55. The standard InChI is InChI=1S/C11H13N3/c1-6-5-8(6)10-13-9-4-3-7(2)12-11(9)14-10/h3-4,6,8H,5H2,1-2H3,(H,12,13,14). The second-order valence-corrected chi connectivity index (χ2v) is 4.27. The van der Waals surface area contributed by atoms with Gasteiger partial charge in [0.15, 0.2) is 5.65 Å². The molecule has 2 heterocycles. The molecule has 2 unspecified atom stereocenters. The Morgan fingerprint density at radius 1 is 1.36 bits per heavy atom. The van der Waals surface area contributed by atoms with Crippen molar-refractivity contribution in [2.24, 2.45) is 5.92 Å². The summed E-state index contributed by atoms with van der Waals surface area (Å²) < 4.78 is 0. The number of hydrogen-bond donors (Lipinski definition) is 1. The van der Waals surface area contributed by atoms with Crippen LogP contribution in [0.15, 0.2) is 12.1 Å². The maximum absolute atomic E-state index is 4.52. The van der Waals surface area contributed by atoms with Crippen molar-refractivity contribution in [2.45, 2.75) is 26.2 Å². The van der Waals surface area contributed by atoms with Crippen molar-refractivity contribution in [3.63, 3.8) is 0 Å². The fourth-order valence-corrected chi connectivity index (χ4v) is 1.88. The normalized spacial score (nSPS) is 25.6. The summed E-state index contributed by atoms with van der Waals surface area (Å²) in [4.78, 5) is 12.2. The number of pyridine rings is 1. The number of aryl methyl sites for hydroxylation is 1. The zero-order valence-corrected chi connectivity index (χ0v) is 8.41. The van der Waals surface area contributed by atoms with Gasteiger partial charge < -0.3 is 4.98 Å². The fourth-order valence-electron chi connectivity index (χ4n) is 1.88. The van der Waals surface area contributed by atoms with Gasteiger partial charge in [0.25, 0.3) is 0 Å². The number of aromatic amines is 1. The molecule has 72 valence electrons. The first-order chi connectivity index (χ1) is 6.74. The third-order valence-electron chi connectivity index (χ3n) is 2.96. The lowest BCUT2D eigenvalue weighted by Gasteiger charge is -1.88. The smallest absolute Gasteiger partial charge is 0.177 e. The van der Waals surface area contributed by atoms with Crippen molar-refractivity contribution < 1.29 is 0 Å². The number of imidazole rings is 1. The van der Waals surface area contributed by atoms with E-state index in [0.29, 0.717) is 5.92 Å². The van der Waals surface area contributed by atoms with Crippen LogP contribution in [0.1, 0.15) is 30.8 Å². The van der Waals surface area contributed by atoms with Crippen LogP contribution >= 0.6 is 0 Å². The summed E-state index contributed by atoms with van der Waals surface area (Å²) in [6.07, 6.45) is 1.26. The first-order valence-corrected chi connectivity index (χ1v) is 5.07. The molecular weight excluding hydrogens is 174 g/mol. The molecule has 3 heteroatoms. The Bertz CT molecular complexity index is 486. The number of fused-ring (bicyclic) bond motifs is 1. The first kappa shape index (κ1) is 7.97. The van der Waals surface area contributed by atoms with Gasteiger partial charge in [0.1, 0.15) is 5.82 Å². The van der Waals surface area contributed by atoms with Gasteiger partial charge in [0.2, 0.25) is 0 Å². The third kappa shape index (κ3) is 1.12. The molecule has 1 N–H and O–H groups in total. The van der Waals surface area contributed by atoms with Crippen molar-refractivity contribution in [2.75, 3.05) is 0 Å². The van der Waals surface area contributed by atoms with Gasteiger partial charge in [-0.15, -0.1) is 0 Å². The molecule has 2 aromatic rings. The zero-order valence-electron chi connectivity index (χ0n) is 8.41. The molecular formula is C11H13N3. The number of nitrogens with zero attached hydrogens (tertiary/aromatic N) is 2. The Morgan fingerprint density at radius 2 is 2.14 bits per heavy atom. The van der Waals surface area contributed by atoms with Gasteiger partial charge in [0, 0.05) is 11.6 Å². The topological polar surface area (TPSA) is 41.6 Å². The van der Waals surface area contributed by atoms with E-state index in [1.807, 2.05) is 13.0 Å². The molecule has 0 spiro atoms. The van der Waals surface area contributed by atoms with Crippen LogP contribution in [0.4, 0.5) is 0 Å². The number of hydrogen-bond acceptors (Lipinski definition) is 2. The first-order valence-electron chi connectivity index (χ1n) is 5.07. The Balaban J connectivity index is 2.11. The Labute approximate surface area is 82.6 Å². The Morgan fingerprint density at radius 3 is 2.86 bits per heavy atom. The molecule has 1 aliphatic carbocycles. The SMILES string of the molecule is Cc1ccc2[nH]c(C3CC3C)nc2n1. The number of aromatic nitrogens is 3. The lowest BCUT2D eigenvalue weighted by molar-refractivity contribution is 0.866. The molecule has 0 aliphatic heterocycles. The zero-order chi connectivity index (χ0) is 9.71. The minimum Gasteiger partial charge on any atom is -0.340 e. The summed E-state index contributed by atoms with van der Waals surface area (Å²) >= 11 is 0. The molecule has 0 aromatic carbocycles. The molecule has 3 rings (SSSR count). The molecule has 1 aliphatic rings. The van der Waals surface area contributed by atoms with Crippen molar-refractivity contribution in [1.29, 1.82) is 0 Å². The van der Waals surface area contributed by atoms with Crippen LogP contribution in [0.25, 0.3) is 11.2 Å². The maximum atomic E-state index is 4.52. The van der Waals surface area contributed by atoms with Crippen LogP contribution in [0, 0.1) is 12.8 Å². The van der Waals surface area contributed by atoms with Gasteiger partial charge in [-0.1, -0.05) is 6.92 Å². The Kier molecular flexibility index (Phi) is 1.46. The van der Waals surface area contributed by atoms with E-state index < -0.39 is 0 Å². The van der Waals surface area contributed by atoms with E-state index >= 15 is 0 Å². The van der Waals surface area contributed by atoms with E-state index in [9.17, 15) is 0 Å². The molecule has 0 amide bonds. The van der Waals surface area contributed by atoms with Crippen molar-refractivity contribution >= 4 is 11.2 Å². The van der Waals surface area contributed by atoms with Crippen LogP contribution in [0.2, 0.25) is 0 Å². The second kappa shape index (κ2) is 2.56. The molecule has 2 aromatic heterocycles. The number of rotatable bonds is 1. The van der Waals surface area contributed by atoms with Crippen LogP contribution in [0.3, 0.4) is 0 Å². The summed E-state index contributed by atoms with van der Waals surface area (Å²) in [5, 5.41) is 0. The van der Waals surface area contributed by atoms with Gasteiger partial charge in [-0.05, 0) is 31.4 Å². The molecule has 2 atom stereocenters. The lowest BCUT2D eigenvalue weighted by atomic mass is 10.3. The van der Waals surface area contributed by atoms with Gasteiger partial charge in [-0.25, -0.2) is 9.97 Å². The summed E-state index contributed by atoms with van der Waals surface area (Å²) in [6.45, 7) is 4.25. The molecule has 0 saturated heterocycles. The van der Waals surface area contributed by atoms with Gasteiger partial charge >= 0.3 is 0 Å². The van der Waals surface area contributed by atoms with Crippen LogP contribution < -0.4 is 0 Å². The number of H-pyrrole nitrogens is 1. The second-order valence-electron chi connectivity index (χ2n) is 4.27. The highest BCUT2D eigenvalue weighted by atomic mass is 15.0. The summed E-state index contributed by atoms with van der Waals surface area (Å²) in [6, 6.07) is 4.07. The van der Waals surface area contributed by atoms with Gasteiger partial charge in [0.05, 0.1) is 5.52 Å². The minimum atomic E-state index is 0.643. The van der Waals surface area contributed by atoms with Gasteiger partial charge in [-0.3, -0.25) is 0 Å². The summed E-state index contributed by atoms with van der Waals surface area (Å²) in [5.41, 5.74) is 2.95. The lowest BCUT2D eigenvalue weighted by Crippen LogP contribution is -1.83. The highest BCUT2D eigenvalue weighted by Crippen LogP contribution is 2.45. The quantitative estimate of drug-likeness (QED) is 0.744. The fraction of sp³-hybridized carbons (Fsp3) is 0.455. The van der Waals surface area contributed by atoms with E-state index in [2.05, 4.69) is 27.9 Å². The van der Waals surface area contributed by atoms with Crippen LogP contribution in [0.5, 0.6) is 0 Å². The molecule has 3 nitrogen and oxygen atoms in total. The summed E-state index contributed by atoms with van der Waals surface area (Å²) in [7, 11) is 0. The molecule has 0 bridgehead atoms.